The third-order valence-corrected chi connectivity index (χ3v) is 5.01. The highest BCUT2D eigenvalue weighted by Gasteiger charge is 2.13. The molecule has 0 atom stereocenters. The summed E-state index contributed by atoms with van der Waals surface area (Å²) in [5.74, 6) is 0.288. The molecule has 0 radical (unpaired) electrons. The lowest BCUT2D eigenvalue weighted by atomic mass is 10.2. The van der Waals surface area contributed by atoms with Crippen LogP contribution in [0.15, 0.2) is 65.8 Å². The first kappa shape index (κ1) is 24.9. The highest BCUT2D eigenvalue weighted by atomic mass is 35.5. The summed E-state index contributed by atoms with van der Waals surface area (Å²) in [6.07, 6.45) is 1.38. The molecule has 176 valence electrons. The van der Waals surface area contributed by atoms with Crippen molar-refractivity contribution in [1.29, 1.82) is 0 Å². The molecule has 2 amide bonds. The number of carbonyl (C=O) groups is 2. The largest absolute Gasteiger partial charge is 0.493 e. The van der Waals surface area contributed by atoms with Crippen molar-refractivity contribution in [2.45, 2.75) is 0 Å². The molecule has 0 aromatic heterocycles. The van der Waals surface area contributed by atoms with Crippen LogP contribution in [0.4, 0.5) is 5.69 Å². The number of nitrogens with zero attached hydrogens (tertiary/aromatic N) is 1. The normalized spacial score (nSPS) is 10.6. The third kappa shape index (κ3) is 6.63. The summed E-state index contributed by atoms with van der Waals surface area (Å²) in [4.78, 5) is 24.4. The van der Waals surface area contributed by atoms with E-state index in [9.17, 15) is 9.59 Å². The van der Waals surface area contributed by atoms with Crippen molar-refractivity contribution in [1.82, 2.24) is 5.43 Å². The van der Waals surface area contributed by atoms with E-state index in [1.807, 2.05) is 6.07 Å². The van der Waals surface area contributed by atoms with Gasteiger partial charge >= 0.3 is 0 Å². The van der Waals surface area contributed by atoms with Gasteiger partial charge in [0.15, 0.2) is 23.9 Å². The van der Waals surface area contributed by atoms with Gasteiger partial charge in [0.05, 0.1) is 30.5 Å². The van der Waals surface area contributed by atoms with Crippen LogP contribution in [0.2, 0.25) is 10.0 Å². The number of rotatable bonds is 9. The molecule has 0 spiro atoms. The molecule has 0 aliphatic rings. The Morgan fingerprint density at radius 2 is 1.62 bits per heavy atom. The zero-order valence-corrected chi connectivity index (χ0v) is 19.8. The van der Waals surface area contributed by atoms with Crippen molar-refractivity contribution in [3.05, 3.63) is 81.8 Å². The molecule has 3 aromatic rings. The van der Waals surface area contributed by atoms with Gasteiger partial charge in [-0.2, -0.15) is 5.10 Å². The molecule has 0 saturated carbocycles. The van der Waals surface area contributed by atoms with E-state index in [1.165, 1.54) is 26.5 Å². The molecule has 0 aliphatic heterocycles. The number of benzene rings is 3. The van der Waals surface area contributed by atoms with Crippen molar-refractivity contribution in [3.8, 4) is 17.2 Å². The number of amides is 2. The number of anilines is 1. The van der Waals surface area contributed by atoms with Crippen LogP contribution in [0.1, 0.15) is 15.9 Å². The van der Waals surface area contributed by atoms with Gasteiger partial charge in [0.25, 0.3) is 11.8 Å². The van der Waals surface area contributed by atoms with E-state index in [0.29, 0.717) is 28.3 Å². The van der Waals surface area contributed by atoms with Gasteiger partial charge in [0, 0.05) is 11.3 Å². The van der Waals surface area contributed by atoms with E-state index < -0.39 is 5.91 Å². The Balaban J connectivity index is 1.59. The van der Waals surface area contributed by atoms with Crippen molar-refractivity contribution < 1.29 is 23.8 Å². The second-order valence-corrected chi connectivity index (χ2v) is 7.60. The maximum absolute atomic E-state index is 12.3. The van der Waals surface area contributed by atoms with Gasteiger partial charge in [-0.05, 0) is 48.0 Å². The lowest BCUT2D eigenvalue weighted by Crippen LogP contribution is -2.20. The van der Waals surface area contributed by atoms with Crippen LogP contribution in [-0.2, 0) is 4.79 Å². The van der Waals surface area contributed by atoms with Crippen LogP contribution in [0.5, 0.6) is 17.2 Å². The SMILES string of the molecule is COc1ccc(C(=O)N/N=C/c2cc(Cl)c(OCC(=O)Nc3ccccc3)c(Cl)c2)cc1OC. The summed E-state index contributed by atoms with van der Waals surface area (Å²) < 4.78 is 15.8. The minimum atomic E-state index is -0.446. The molecule has 0 bridgehead atoms. The van der Waals surface area contributed by atoms with E-state index in [2.05, 4.69) is 15.8 Å². The van der Waals surface area contributed by atoms with Crippen LogP contribution in [-0.4, -0.2) is 38.9 Å². The first-order valence-electron chi connectivity index (χ1n) is 9.93. The lowest BCUT2D eigenvalue weighted by molar-refractivity contribution is -0.118. The van der Waals surface area contributed by atoms with Crippen molar-refractivity contribution in [2.75, 3.05) is 26.1 Å². The van der Waals surface area contributed by atoms with Crippen molar-refractivity contribution in [3.63, 3.8) is 0 Å². The number of ether oxygens (including phenoxy) is 3. The van der Waals surface area contributed by atoms with Gasteiger partial charge < -0.3 is 19.5 Å². The Labute approximate surface area is 206 Å². The van der Waals surface area contributed by atoms with Crippen LogP contribution in [0.25, 0.3) is 0 Å². The summed E-state index contributed by atoms with van der Waals surface area (Å²) in [6, 6.07) is 16.8. The van der Waals surface area contributed by atoms with Crippen LogP contribution in [0, 0.1) is 0 Å². The number of nitrogens with one attached hydrogen (secondary N) is 2. The average molecular weight is 502 g/mol. The van der Waals surface area contributed by atoms with Gasteiger partial charge in [0.1, 0.15) is 0 Å². The van der Waals surface area contributed by atoms with Gasteiger partial charge in [-0.25, -0.2) is 5.43 Å². The standard InChI is InChI=1S/C24H21Cl2N3O5/c1-32-20-9-8-16(12-21(20)33-2)24(31)29-27-13-15-10-18(25)23(19(26)11-15)34-14-22(30)28-17-6-4-3-5-7-17/h3-13H,14H2,1-2H3,(H,28,30)(H,29,31)/b27-13+. The monoisotopic (exact) mass is 501 g/mol. The van der Waals surface area contributed by atoms with Crippen LogP contribution < -0.4 is 25.0 Å². The Kier molecular flexibility index (Phi) is 8.73. The topological polar surface area (TPSA) is 98.3 Å². The molecular formula is C24H21Cl2N3O5. The fourth-order valence-electron chi connectivity index (χ4n) is 2.86. The highest BCUT2D eigenvalue weighted by molar-refractivity contribution is 6.37. The molecule has 0 unspecified atom stereocenters. The first-order valence-corrected chi connectivity index (χ1v) is 10.7. The summed E-state index contributed by atoms with van der Waals surface area (Å²) >= 11 is 12.5. The van der Waals surface area contributed by atoms with Gasteiger partial charge in [0.2, 0.25) is 0 Å². The quantitative estimate of drug-likeness (QED) is 0.324. The summed E-state index contributed by atoms with van der Waals surface area (Å²) in [5, 5.41) is 7.01. The maximum Gasteiger partial charge on any atom is 0.271 e. The molecule has 3 aromatic carbocycles. The minimum absolute atomic E-state index is 0.165. The number of carbonyl (C=O) groups excluding carboxylic acids is 2. The smallest absolute Gasteiger partial charge is 0.271 e. The number of hydrogen-bond acceptors (Lipinski definition) is 6. The van der Waals surface area contributed by atoms with Crippen molar-refractivity contribution >= 4 is 46.9 Å². The van der Waals surface area contributed by atoms with E-state index in [1.54, 1.807) is 48.5 Å². The fraction of sp³-hybridized carbons (Fsp3) is 0.125. The van der Waals surface area contributed by atoms with Gasteiger partial charge in [-0.15, -0.1) is 0 Å². The first-order chi connectivity index (χ1) is 16.4. The molecule has 8 nitrogen and oxygen atoms in total. The zero-order chi connectivity index (χ0) is 24.5. The number of para-hydroxylation sites is 1. The number of hydrazone groups is 1. The molecule has 0 fully saturated rings. The minimum Gasteiger partial charge on any atom is -0.493 e. The second-order valence-electron chi connectivity index (χ2n) is 6.79. The van der Waals surface area contributed by atoms with Crippen LogP contribution in [0.3, 0.4) is 0 Å². The molecular weight excluding hydrogens is 481 g/mol. The van der Waals surface area contributed by atoms with Gasteiger partial charge in [-0.1, -0.05) is 41.4 Å². The van der Waals surface area contributed by atoms with Gasteiger partial charge in [-0.3, -0.25) is 9.59 Å². The Bertz CT molecular complexity index is 1180. The Hall–Kier alpha value is -3.75. The molecule has 34 heavy (non-hydrogen) atoms. The molecule has 3 rings (SSSR count). The number of hydrogen-bond donors (Lipinski definition) is 2. The van der Waals surface area contributed by atoms with E-state index in [4.69, 9.17) is 37.4 Å². The molecule has 0 heterocycles. The Morgan fingerprint density at radius 1 is 0.941 bits per heavy atom. The molecule has 0 saturated heterocycles. The van der Waals surface area contributed by atoms with E-state index in [-0.39, 0.29) is 28.3 Å². The molecule has 10 heteroatoms. The van der Waals surface area contributed by atoms with E-state index >= 15 is 0 Å². The average Bonchev–Trinajstić information content (AvgIpc) is 2.83. The molecule has 0 aliphatic carbocycles. The lowest BCUT2D eigenvalue weighted by Gasteiger charge is -2.11. The number of halogens is 2. The van der Waals surface area contributed by atoms with Crippen LogP contribution >= 0.6 is 23.2 Å². The summed E-state index contributed by atoms with van der Waals surface area (Å²) in [6.45, 7) is -0.275. The summed E-state index contributed by atoms with van der Waals surface area (Å²) in [7, 11) is 2.99. The predicted octanol–water partition coefficient (Wildman–Crippen LogP) is 4.79. The third-order valence-electron chi connectivity index (χ3n) is 4.45. The second kappa shape index (κ2) is 11.9. The predicted molar refractivity (Wildman–Crippen MR) is 132 cm³/mol. The number of methoxy groups -OCH3 is 2. The molecule has 2 N–H and O–H groups in total. The summed E-state index contributed by atoms with van der Waals surface area (Å²) in [5.41, 5.74) is 3.92. The highest BCUT2D eigenvalue weighted by Crippen LogP contribution is 2.34. The van der Waals surface area contributed by atoms with E-state index in [0.717, 1.165) is 0 Å². The Morgan fingerprint density at radius 3 is 2.26 bits per heavy atom. The fourth-order valence-corrected chi connectivity index (χ4v) is 3.47. The zero-order valence-electron chi connectivity index (χ0n) is 18.3. The van der Waals surface area contributed by atoms with Crippen molar-refractivity contribution in [2.24, 2.45) is 5.10 Å². The maximum atomic E-state index is 12.3.